The first kappa shape index (κ1) is 23.1. The summed E-state index contributed by atoms with van der Waals surface area (Å²) < 4.78 is 2.90. The van der Waals surface area contributed by atoms with Gasteiger partial charge in [-0.05, 0) is 54.4 Å². The van der Waals surface area contributed by atoms with Gasteiger partial charge in [-0.25, -0.2) is 4.79 Å². The Bertz CT molecular complexity index is 1650. The molecular weight excluding hydrogens is 450 g/mol. The van der Waals surface area contributed by atoms with Gasteiger partial charge >= 0.3 is 5.69 Å². The highest BCUT2D eigenvalue weighted by molar-refractivity contribution is 6.04. The van der Waals surface area contributed by atoms with Gasteiger partial charge in [0.05, 0.1) is 24.0 Å². The predicted octanol–water partition coefficient (Wildman–Crippen LogP) is 4.82. The summed E-state index contributed by atoms with van der Waals surface area (Å²) >= 11 is 0. The average Bonchev–Trinajstić information content (AvgIpc) is 2.91. The van der Waals surface area contributed by atoms with Crippen molar-refractivity contribution in [2.75, 3.05) is 5.32 Å². The lowest BCUT2D eigenvalue weighted by molar-refractivity contribution is 0.102. The molecule has 0 saturated heterocycles. The molecule has 1 heterocycles. The summed E-state index contributed by atoms with van der Waals surface area (Å²) in [6.45, 7) is 2.48. The van der Waals surface area contributed by atoms with E-state index in [1.165, 1.54) is 4.57 Å². The van der Waals surface area contributed by atoms with Crippen LogP contribution in [0, 0.1) is 6.92 Å². The summed E-state index contributed by atoms with van der Waals surface area (Å²) in [5.41, 5.74) is 3.98. The molecule has 1 N–H and O–H groups in total. The van der Waals surface area contributed by atoms with Crippen molar-refractivity contribution in [1.29, 1.82) is 0 Å². The second-order valence-corrected chi connectivity index (χ2v) is 8.78. The molecule has 0 aliphatic heterocycles. The number of fused-ring (bicyclic) bond motifs is 1. The molecule has 178 valence electrons. The molecule has 0 bridgehead atoms. The smallest absolute Gasteiger partial charge is 0.322 e. The van der Waals surface area contributed by atoms with Crippen molar-refractivity contribution < 1.29 is 4.79 Å². The van der Waals surface area contributed by atoms with Gasteiger partial charge in [0.25, 0.3) is 11.5 Å². The van der Waals surface area contributed by atoms with Crippen LogP contribution in [0.5, 0.6) is 0 Å². The van der Waals surface area contributed by atoms with E-state index in [0.717, 1.165) is 16.7 Å². The number of nitrogens with zero attached hydrogens (tertiary/aromatic N) is 2. The predicted molar refractivity (Wildman–Crippen MR) is 143 cm³/mol. The number of nitrogens with one attached hydrogen (secondary N) is 1. The first-order valence-electron chi connectivity index (χ1n) is 11.7. The van der Waals surface area contributed by atoms with Crippen molar-refractivity contribution in [3.05, 3.63) is 146 Å². The maximum absolute atomic E-state index is 13.5. The second kappa shape index (κ2) is 9.88. The SMILES string of the molecule is Cc1ccc(Cn2c(=O)n(Cc3ccc(C(=O)Nc4ccccc4)cc3)c(=O)c3ccccc32)cc1. The highest BCUT2D eigenvalue weighted by Gasteiger charge is 2.14. The minimum atomic E-state index is -0.370. The maximum Gasteiger partial charge on any atom is 0.332 e. The second-order valence-electron chi connectivity index (χ2n) is 8.78. The van der Waals surface area contributed by atoms with Crippen molar-refractivity contribution in [2.24, 2.45) is 0 Å². The fourth-order valence-corrected chi connectivity index (χ4v) is 4.21. The van der Waals surface area contributed by atoms with Gasteiger partial charge in [-0.15, -0.1) is 0 Å². The lowest BCUT2D eigenvalue weighted by Gasteiger charge is -2.15. The van der Waals surface area contributed by atoms with Crippen LogP contribution in [0.2, 0.25) is 0 Å². The zero-order valence-corrected chi connectivity index (χ0v) is 19.8. The minimum Gasteiger partial charge on any atom is -0.322 e. The molecule has 0 unspecified atom stereocenters. The van der Waals surface area contributed by atoms with E-state index in [1.807, 2.05) is 67.6 Å². The highest BCUT2D eigenvalue weighted by Crippen LogP contribution is 2.13. The molecule has 0 spiro atoms. The van der Waals surface area contributed by atoms with E-state index in [9.17, 15) is 14.4 Å². The Morgan fingerprint density at radius 1 is 0.694 bits per heavy atom. The summed E-state index contributed by atoms with van der Waals surface area (Å²) in [6.07, 6.45) is 0. The van der Waals surface area contributed by atoms with Gasteiger partial charge in [-0.3, -0.25) is 18.7 Å². The van der Waals surface area contributed by atoms with Crippen LogP contribution in [0.25, 0.3) is 10.9 Å². The zero-order valence-electron chi connectivity index (χ0n) is 19.8. The van der Waals surface area contributed by atoms with Crippen molar-refractivity contribution in [1.82, 2.24) is 9.13 Å². The Kier molecular flexibility index (Phi) is 6.33. The Morgan fingerprint density at radius 3 is 1.97 bits per heavy atom. The van der Waals surface area contributed by atoms with Crippen LogP contribution in [0.1, 0.15) is 27.0 Å². The largest absolute Gasteiger partial charge is 0.332 e. The third kappa shape index (κ3) is 4.74. The summed E-state index contributed by atoms with van der Waals surface area (Å²) in [5, 5.41) is 3.34. The fourth-order valence-electron chi connectivity index (χ4n) is 4.21. The van der Waals surface area contributed by atoms with Gasteiger partial charge in [0.15, 0.2) is 0 Å². The van der Waals surface area contributed by atoms with Crippen LogP contribution in [0.15, 0.2) is 113 Å². The van der Waals surface area contributed by atoms with Crippen LogP contribution in [0.4, 0.5) is 5.69 Å². The summed E-state index contributed by atoms with van der Waals surface area (Å²) in [6, 6.07) is 31.3. The molecule has 5 aromatic rings. The van der Waals surface area contributed by atoms with Gasteiger partial charge in [0.2, 0.25) is 0 Å². The molecule has 36 heavy (non-hydrogen) atoms. The Hall–Kier alpha value is -4.71. The lowest BCUT2D eigenvalue weighted by Crippen LogP contribution is -2.40. The van der Waals surface area contributed by atoms with E-state index in [2.05, 4.69) is 5.32 Å². The van der Waals surface area contributed by atoms with Gasteiger partial charge in [0, 0.05) is 11.3 Å². The summed E-state index contributed by atoms with van der Waals surface area (Å²) in [7, 11) is 0. The maximum atomic E-state index is 13.5. The molecule has 4 aromatic carbocycles. The number of benzene rings is 4. The minimum absolute atomic E-state index is 0.108. The number of amides is 1. The van der Waals surface area contributed by atoms with E-state index >= 15 is 0 Å². The number of para-hydroxylation sites is 2. The van der Waals surface area contributed by atoms with Gasteiger partial charge in [-0.1, -0.05) is 72.3 Å². The Labute approximate surface area is 208 Å². The lowest BCUT2D eigenvalue weighted by atomic mass is 10.1. The number of hydrogen-bond donors (Lipinski definition) is 1. The van der Waals surface area contributed by atoms with E-state index in [0.29, 0.717) is 28.7 Å². The van der Waals surface area contributed by atoms with E-state index < -0.39 is 0 Å². The molecule has 6 nitrogen and oxygen atoms in total. The van der Waals surface area contributed by atoms with Crippen molar-refractivity contribution in [3.63, 3.8) is 0 Å². The first-order valence-corrected chi connectivity index (χ1v) is 11.7. The number of rotatable bonds is 6. The van der Waals surface area contributed by atoms with Gasteiger partial charge in [0.1, 0.15) is 0 Å². The summed E-state index contributed by atoms with van der Waals surface area (Å²) in [4.78, 5) is 39.3. The quantitative estimate of drug-likeness (QED) is 0.383. The van der Waals surface area contributed by atoms with Crippen molar-refractivity contribution in [2.45, 2.75) is 20.0 Å². The summed E-state index contributed by atoms with van der Waals surface area (Å²) in [5.74, 6) is -0.226. The third-order valence-electron chi connectivity index (χ3n) is 6.18. The van der Waals surface area contributed by atoms with Crippen LogP contribution in [-0.4, -0.2) is 15.0 Å². The average molecular weight is 476 g/mol. The molecule has 0 fully saturated rings. The van der Waals surface area contributed by atoms with Crippen LogP contribution >= 0.6 is 0 Å². The molecule has 0 radical (unpaired) electrons. The Balaban J connectivity index is 1.46. The van der Waals surface area contributed by atoms with Gasteiger partial charge in [-0.2, -0.15) is 0 Å². The number of carbonyl (C=O) groups is 1. The normalized spacial score (nSPS) is 10.9. The van der Waals surface area contributed by atoms with Crippen LogP contribution in [0.3, 0.4) is 0 Å². The first-order chi connectivity index (χ1) is 17.5. The van der Waals surface area contributed by atoms with Crippen LogP contribution < -0.4 is 16.6 Å². The molecule has 0 atom stereocenters. The standard InChI is InChI=1S/C30H25N3O3/c1-21-11-13-22(14-12-21)19-32-27-10-6-5-9-26(27)29(35)33(30(32)36)20-23-15-17-24(18-16-23)28(34)31-25-7-3-2-4-8-25/h2-18H,19-20H2,1H3,(H,31,34). The van der Waals surface area contributed by atoms with Gasteiger partial charge < -0.3 is 5.32 Å². The number of aryl methyl sites for hydroxylation is 1. The molecular formula is C30H25N3O3. The molecule has 1 aromatic heterocycles. The molecule has 1 amide bonds. The molecule has 0 aliphatic rings. The highest BCUT2D eigenvalue weighted by atomic mass is 16.2. The number of aromatic nitrogens is 2. The van der Waals surface area contributed by atoms with Crippen LogP contribution in [-0.2, 0) is 13.1 Å². The van der Waals surface area contributed by atoms with E-state index in [-0.39, 0.29) is 23.7 Å². The fraction of sp³-hybridized carbons (Fsp3) is 0.100. The topological polar surface area (TPSA) is 73.1 Å². The van der Waals surface area contributed by atoms with E-state index in [1.54, 1.807) is 47.0 Å². The van der Waals surface area contributed by atoms with Crippen molar-refractivity contribution in [3.8, 4) is 0 Å². The zero-order chi connectivity index (χ0) is 25.1. The van der Waals surface area contributed by atoms with E-state index in [4.69, 9.17) is 0 Å². The molecule has 5 rings (SSSR count). The monoisotopic (exact) mass is 475 g/mol. The third-order valence-corrected chi connectivity index (χ3v) is 6.18. The molecule has 0 aliphatic carbocycles. The number of carbonyl (C=O) groups excluding carboxylic acids is 1. The number of anilines is 1. The Morgan fingerprint density at radius 2 is 1.28 bits per heavy atom. The number of hydrogen-bond acceptors (Lipinski definition) is 3. The van der Waals surface area contributed by atoms with Crippen molar-refractivity contribution >= 4 is 22.5 Å². The molecule has 6 heteroatoms. The molecule has 0 saturated carbocycles.